The van der Waals surface area contributed by atoms with E-state index in [1.165, 1.54) is 24.8 Å². The number of esters is 3. The molecule has 5 fully saturated rings. The van der Waals surface area contributed by atoms with Crippen molar-refractivity contribution in [2.75, 3.05) is 26.9 Å². The van der Waals surface area contributed by atoms with Crippen molar-refractivity contribution >= 4 is 17.9 Å². The summed E-state index contributed by atoms with van der Waals surface area (Å²) in [5.74, 6) is -2.41. The number of aliphatic hydroxyl groups is 5. The van der Waals surface area contributed by atoms with Crippen LogP contribution in [0.5, 0.6) is 5.75 Å². The zero-order valence-electron chi connectivity index (χ0n) is 36.8. The Labute approximate surface area is 363 Å². The second-order valence-electron chi connectivity index (χ2n) is 19.3. The van der Waals surface area contributed by atoms with Gasteiger partial charge in [0.2, 0.25) is 0 Å². The Balaban J connectivity index is 1.18. The molecule has 1 aromatic rings. The van der Waals surface area contributed by atoms with Crippen molar-refractivity contribution in [1.29, 1.82) is 0 Å². The van der Waals surface area contributed by atoms with Crippen LogP contribution in [0.25, 0.3) is 0 Å². The first-order valence-corrected chi connectivity index (χ1v) is 22.2. The molecule has 346 valence electrons. The van der Waals surface area contributed by atoms with E-state index in [2.05, 4.69) is 13.0 Å². The Morgan fingerprint density at radius 1 is 0.855 bits per heavy atom. The van der Waals surface area contributed by atoms with Gasteiger partial charge >= 0.3 is 17.9 Å². The van der Waals surface area contributed by atoms with Gasteiger partial charge in [0.15, 0.2) is 24.8 Å². The maximum absolute atomic E-state index is 13.9. The van der Waals surface area contributed by atoms with Crippen molar-refractivity contribution in [1.82, 2.24) is 0 Å². The molecule has 62 heavy (non-hydrogen) atoms. The monoisotopic (exact) mass is 874 g/mol. The summed E-state index contributed by atoms with van der Waals surface area (Å²) in [4.78, 5) is 40.0. The standard InChI is InChI=1S/C46H66O16/c1-23(2)20-56-40(52)24(3)46(54)35(19-32-30-13-10-27-18-28(48)14-16-44(27,5)31(30)15-17-45(32,46)6)60-43-39(59-25(4)47)37(34(50)22-58-43)62-42-38(36(51)33(49)21-57-42)61-41(53)26-8-11-29(55-7)12-9-26/h8-12,23-24,28,30-39,42-43,48-51,54H,13-22H2,1-7H3/t24-,28+,30-,31+,32+,33-,34+,35+,36+,37+,38-,39-,42+,43+,44+,45+,46-/m1/s1. The molecule has 6 aliphatic rings. The molecule has 7 rings (SSSR count). The summed E-state index contributed by atoms with van der Waals surface area (Å²) in [7, 11) is 1.48. The van der Waals surface area contributed by atoms with Gasteiger partial charge in [-0.15, -0.1) is 0 Å². The topological polar surface area (TPSA) is 226 Å². The van der Waals surface area contributed by atoms with Crippen molar-refractivity contribution in [3.63, 3.8) is 0 Å². The van der Waals surface area contributed by atoms with Crippen molar-refractivity contribution in [3.8, 4) is 5.75 Å². The van der Waals surface area contributed by atoms with Gasteiger partial charge in [0.05, 0.1) is 50.6 Å². The van der Waals surface area contributed by atoms with Crippen LogP contribution in [0, 0.1) is 40.4 Å². The molecule has 1 aromatic carbocycles. The van der Waals surface area contributed by atoms with Crippen molar-refractivity contribution in [2.24, 2.45) is 40.4 Å². The van der Waals surface area contributed by atoms with E-state index in [4.69, 9.17) is 37.9 Å². The lowest BCUT2D eigenvalue weighted by atomic mass is 9.46. The van der Waals surface area contributed by atoms with Gasteiger partial charge in [0, 0.05) is 12.3 Å². The van der Waals surface area contributed by atoms with Gasteiger partial charge in [-0.05, 0) is 105 Å². The largest absolute Gasteiger partial charge is 0.497 e. The fraction of sp³-hybridized carbons (Fsp3) is 0.761. The molecule has 2 saturated heterocycles. The van der Waals surface area contributed by atoms with Crippen LogP contribution in [0.15, 0.2) is 35.9 Å². The highest BCUT2D eigenvalue weighted by Crippen LogP contribution is 2.69. The lowest BCUT2D eigenvalue weighted by Crippen LogP contribution is -2.64. The Kier molecular flexibility index (Phi) is 13.9. The predicted molar refractivity (Wildman–Crippen MR) is 218 cm³/mol. The molecule has 2 aliphatic heterocycles. The Bertz CT molecular complexity index is 1800. The molecule has 0 radical (unpaired) electrons. The van der Waals surface area contributed by atoms with Crippen LogP contribution in [-0.2, 0) is 42.7 Å². The first-order chi connectivity index (χ1) is 29.3. The number of aliphatic hydroxyl groups excluding tert-OH is 4. The maximum atomic E-state index is 13.9. The Morgan fingerprint density at radius 2 is 1.53 bits per heavy atom. The van der Waals surface area contributed by atoms with E-state index >= 15 is 0 Å². The number of allylic oxidation sites excluding steroid dienone is 1. The average Bonchev–Trinajstić information content (AvgIpc) is 3.47. The predicted octanol–water partition coefficient (Wildman–Crippen LogP) is 3.22. The number of methoxy groups -OCH3 is 1. The van der Waals surface area contributed by atoms with E-state index in [0.717, 1.165) is 32.6 Å². The first kappa shape index (κ1) is 46.8. The second-order valence-corrected chi connectivity index (χ2v) is 19.3. The molecule has 0 unspecified atom stereocenters. The average molecular weight is 875 g/mol. The van der Waals surface area contributed by atoms with E-state index in [9.17, 15) is 39.9 Å². The number of hydrogen-bond donors (Lipinski definition) is 5. The summed E-state index contributed by atoms with van der Waals surface area (Å²) in [6.07, 6.45) is -6.60. The quantitative estimate of drug-likeness (QED) is 0.115. The van der Waals surface area contributed by atoms with Gasteiger partial charge in [0.1, 0.15) is 35.8 Å². The van der Waals surface area contributed by atoms with Crippen LogP contribution < -0.4 is 4.74 Å². The van der Waals surface area contributed by atoms with Crippen LogP contribution in [-0.4, -0.2) is 137 Å². The first-order valence-electron chi connectivity index (χ1n) is 22.2. The van der Waals surface area contributed by atoms with Gasteiger partial charge in [-0.1, -0.05) is 39.3 Å². The molecule has 17 atom stereocenters. The number of ether oxygens (including phenoxy) is 8. The van der Waals surface area contributed by atoms with Gasteiger partial charge in [-0.3, -0.25) is 9.59 Å². The van der Waals surface area contributed by atoms with Crippen LogP contribution in [0.4, 0.5) is 0 Å². The van der Waals surface area contributed by atoms with Gasteiger partial charge in [-0.2, -0.15) is 0 Å². The summed E-state index contributed by atoms with van der Waals surface area (Å²) in [5, 5.41) is 56.9. The lowest BCUT2D eigenvalue weighted by Gasteiger charge is -2.59. The lowest BCUT2D eigenvalue weighted by molar-refractivity contribution is -0.345. The van der Waals surface area contributed by atoms with Crippen LogP contribution in [0.2, 0.25) is 0 Å². The van der Waals surface area contributed by atoms with Crippen molar-refractivity contribution < 1.29 is 77.8 Å². The highest BCUT2D eigenvalue weighted by Gasteiger charge is 2.71. The van der Waals surface area contributed by atoms with Crippen molar-refractivity contribution in [2.45, 2.75) is 154 Å². The van der Waals surface area contributed by atoms with Crippen LogP contribution in [0.3, 0.4) is 0 Å². The summed E-state index contributed by atoms with van der Waals surface area (Å²) >= 11 is 0. The molecule has 4 aliphatic carbocycles. The molecular formula is C46H66O16. The molecule has 5 N–H and O–H groups in total. The third kappa shape index (κ3) is 8.56. The highest BCUT2D eigenvalue weighted by molar-refractivity contribution is 5.89. The van der Waals surface area contributed by atoms with E-state index in [-0.39, 0.29) is 54.0 Å². The van der Waals surface area contributed by atoms with Crippen LogP contribution >= 0.6 is 0 Å². The van der Waals surface area contributed by atoms with Gasteiger partial charge < -0.3 is 63.4 Å². The molecule has 16 heteroatoms. The molecular weight excluding hydrogens is 808 g/mol. The SMILES string of the molecule is COc1ccc(C(=O)O[C@H]2[C@H](O[C@@H]3[C@@H](OC(C)=O)[C@H](O[C@H]4C[C@H]5[C@@H]6CC=C7C[C@@H](O)CC[C@]7(C)[C@H]6CC[C@]5(C)[C@@]4(O)[C@H](C)C(=O)OCC(C)C)OC[C@@H]3O)OC[C@@H](O)[C@@H]2O)cc1. The number of benzene rings is 1. The van der Waals surface area contributed by atoms with Crippen LogP contribution in [0.1, 0.15) is 96.8 Å². The second kappa shape index (κ2) is 18.4. The molecule has 0 aromatic heterocycles. The number of rotatable bonds is 12. The van der Waals surface area contributed by atoms with E-state index in [1.54, 1.807) is 19.1 Å². The fourth-order valence-corrected chi connectivity index (χ4v) is 11.8. The number of fused-ring (bicyclic) bond motifs is 5. The summed E-state index contributed by atoms with van der Waals surface area (Å²) in [6.45, 7) is 10.4. The minimum atomic E-state index is -1.80. The smallest absolute Gasteiger partial charge is 0.338 e. The molecule has 0 spiro atoms. The maximum Gasteiger partial charge on any atom is 0.338 e. The molecule has 16 nitrogen and oxygen atoms in total. The number of hydrogen-bond acceptors (Lipinski definition) is 16. The summed E-state index contributed by atoms with van der Waals surface area (Å²) in [6, 6.07) is 6.02. The molecule has 2 heterocycles. The minimum Gasteiger partial charge on any atom is -0.497 e. The minimum absolute atomic E-state index is 0.0553. The normalized spacial score (nSPS) is 42.1. The molecule has 0 amide bonds. The van der Waals surface area contributed by atoms with Gasteiger partial charge in [-0.25, -0.2) is 4.79 Å². The molecule has 3 saturated carbocycles. The highest BCUT2D eigenvalue weighted by atomic mass is 16.8. The summed E-state index contributed by atoms with van der Waals surface area (Å²) in [5.41, 5.74) is -1.34. The number of carbonyl (C=O) groups is 3. The summed E-state index contributed by atoms with van der Waals surface area (Å²) < 4.78 is 47.3. The third-order valence-corrected chi connectivity index (χ3v) is 15.2. The zero-order valence-corrected chi connectivity index (χ0v) is 36.8. The van der Waals surface area contributed by atoms with E-state index in [1.807, 2.05) is 20.8 Å². The third-order valence-electron chi connectivity index (χ3n) is 15.2. The van der Waals surface area contributed by atoms with Crippen molar-refractivity contribution in [3.05, 3.63) is 41.5 Å². The molecule has 0 bridgehead atoms. The fourth-order valence-electron chi connectivity index (χ4n) is 11.8. The van der Waals surface area contributed by atoms with E-state index in [0.29, 0.717) is 25.0 Å². The van der Waals surface area contributed by atoms with Gasteiger partial charge in [0.25, 0.3) is 0 Å². The Morgan fingerprint density at radius 3 is 2.19 bits per heavy atom. The Hall–Kier alpha value is -3.19. The van der Waals surface area contributed by atoms with E-state index < -0.39 is 96.8 Å². The number of carbonyl (C=O) groups excluding carboxylic acids is 3. The zero-order chi connectivity index (χ0) is 44.9.